The third-order valence-corrected chi connectivity index (χ3v) is 2.53. The minimum atomic E-state index is 0.158. The van der Waals surface area contributed by atoms with Gasteiger partial charge in [0.1, 0.15) is 11.5 Å². The standard InChI is InChI=1S/C11H10BrN3O2/c1-16-7-3-2-4-8(5-7)17-10-9(12)6-14-11(13)15-10/h2-6H,1H3,(H2,13,14,15). The molecule has 17 heavy (non-hydrogen) atoms. The first-order valence-corrected chi connectivity index (χ1v) is 5.58. The number of aromatic nitrogens is 2. The number of ether oxygens (including phenoxy) is 2. The highest BCUT2D eigenvalue weighted by molar-refractivity contribution is 9.10. The van der Waals surface area contributed by atoms with Crippen LogP contribution in [-0.4, -0.2) is 17.1 Å². The number of hydrogen-bond donors (Lipinski definition) is 1. The fourth-order valence-electron chi connectivity index (χ4n) is 1.21. The summed E-state index contributed by atoms with van der Waals surface area (Å²) in [5, 5.41) is 0. The summed E-state index contributed by atoms with van der Waals surface area (Å²) in [6.45, 7) is 0. The van der Waals surface area contributed by atoms with Gasteiger partial charge in [0.05, 0.1) is 17.8 Å². The highest BCUT2D eigenvalue weighted by Crippen LogP contribution is 2.29. The molecule has 0 unspecified atom stereocenters. The van der Waals surface area contributed by atoms with E-state index in [1.54, 1.807) is 19.2 Å². The van der Waals surface area contributed by atoms with E-state index in [-0.39, 0.29) is 5.95 Å². The van der Waals surface area contributed by atoms with E-state index in [0.29, 0.717) is 21.9 Å². The number of anilines is 1. The molecule has 1 heterocycles. The maximum atomic E-state index is 5.57. The molecule has 0 radical (unpaired) electrons. The zero-order valence-corrected chi connectivity index (χ0v) is 10.6. The molecular weight excluding hydrogens is 286 g/mol. The van der Waals surface area contributed by atoms with Gasteiger partial charge in [0.25, 0.3) is 0 Å². The minimum absolute atomic E-state index is 0.158. The lowest BCUT2D eigenvalue weighted by Gasteiger charge is -2.07. The van der Waals surface area contributed by atoms with Crippen molar-refractivity contribution in [2.45, 2.75) is 0 Å². The van der Waals surface area contributed by atoms with Gasteiger partial charge in [-0.15, -0.1) is 0 Å². The van der Waals surface area contributed by atoms with E-state index < -0.39 is 0 Å². The molecule has 1 aromatic carbocycles. The minimum Gasteiger partial charge on any atom is -0.497 e. The molecule has 0 atom stereocenters. The lowest BCUT2D eigenvalue weighted by Crippen LogP contribution is -1.97. The molecule has 5 nitrogen and oxygen atoms in total. The van der Waals surface area contributed by atoms with Crippen LogP contribution in [0.25, 0.3) is 0 Å². The van der Waals surface area contributed by atoms with Gasteiger partial charge in [-0.25, -0.2) is 4.98 Å². The summed E-state index contributed by atoms with van der Waals surface area (Å²) in [7, 11) is 1.59. The second-order valence-corrected chi connectivity index (χ2v) is 4.02. The third-order valence-electron chi connectivity index (χ3n) is 1.99. The average molecular weight is 296 g/mol. The Morgan fingerprint density at radius 1 is 1.29 bits per heavy atom. The predicted octanol–water partition coefficient (Wildman–Crippen LogP) is 2.62. The van der Waals surface area contributed by atoms with Gasteiger partial charge >= 0.3 is 0 Å². The van der Waals surface area contributed by atoms with Crippen molar-refractivity contribution in [3.05, 3.63) is 34.9 Å². The average Bonchev–Trinajstić information content (AvgIpc) is 2.34. The second-order valence-electron chi connectivity index (χ2n) is 3.16. The topological polar surface area (TPSA) is 70.3 Å². The van der Waals surface area contributed by atoms with Gasteiger partial charge < -0.3 is 15.2 Å². The number of nitrogens with two attached hydrogens (primary N) is 1. The van der Waals surface area contributed by atoms with E-state index in [0.717, 1.165) is 0 Å². The summed E-state index contributed by atoms with van der Waals surface area (Å²) in [5.74, 6) is 1.85. The van der Waals surface area contributed by atoms with Gasteiger partial charge in [0.2, 0.25) is 11.8 Å². The monoisotopic (exact) mass is 295 g/mol. The molecule has 6 heteroatoms. The lowest BCUT2D eigenvalue weighted by molar-refractivity contribution is 0.407. The lowest BCUT2D eigenvalue weighted by atomic mass is 10.3. The summed E-state index contributed by atoms with van der Waals surface area (Å²) in [6.07, 6.45) is 1.54. The van der Waals surface area contributed by atoms with Gasteiger partial charge in [-0.3, -0.25) is 0 Å². The summed E-state index contributed by atoms with van der Waals surface area (Å²) in [6, 6.07) is 7.21. The quantitative estimate of drug-likeness (QED) is 0.942. The Morgan fingerprint density at radius 2 is 2.06 bits per heavy atom. The normalized spacial score (nSPS) is 10.0. The smallest absolute Gasteiger partial charge is 0.238 e. The fraction of sp³-hybridized carbons (Fsp3) is 0.0909. The van der Waals surface area contributed by atoms with Crippen LogP contribution >= 0.6 is 15.9 Å². The van der Waals surface area contributed by atoms with Crippen LogP contribution in [0.15, 0.2) is 34.9 Å². The van der Waals surface area contributed by atoms with E-state index in [1.165, 1.54) is 6.20 Å². The zero-order chi connectivity index (χ0) is 12.3. The SMILES string of the molecule is COc1cccc(Oc2nc(N)ncc2Br)c1. The Morgan fingerprint density at radius 3 is 2.82 bits per heavy atom. The van der Waals surface area contributed by atoms with Crippen LogP contribution in [0.5, 0.6) is 17.4 Å². The molecule has 2 aromatic rings. The number of nitrogen functional groups attached to an aromatic ring is 1. The van der Waals surface area contributed by atoms with Crippen molar-refractivity contribution in [2.75, 3.05) is 12.8 Å². The number of hydrogen-bond acceptors (Lipinski definition) is 5. The van der Waals surface area contributed by atoms with Crippen LogP contribution in [0.4, 0.5) is 5.95 Å². The predicted molar refractivity (Wildman–Crippen MR) is 67.2 cm³/mol. The van der Waals surface area contributed by atoms with Crippen LogP contribution < -0.4 is 15.2 Å². The molecule has 88 valence electrons. The Balaban J connectivity index is 2.27. The molecule has 0 saturated heterocycles. The maximum absolute atomic E-state index is 5.57. The summed E-state index contributed by atoms with van der Waals surface area (Å²) in [5.41, 5.74) is 5.49. The Kier molecular flexibility index (Phi) is 3.43. The van der Waals surface area contributed by atoms with Gasteiger partial charge in [0.15, 0.2) is 0 Å². The third kappa shape index (κ3) is 2.85. The summed E-state index contributed by atoms with van der Waals surface area (Å²) in [4.78, 5) is 7.81. The van der Waals surface area contributed by atoms with E-state index in [4.69, 9.17) is 15.2 Å². The Hall–Kier alpha value is -1.82. The highest BCUT2D eigenvalue weighted by Gasteiger charge is 2.06. The van der Waals surface area contributed by atoms with Crippen LogP contribution in [-0.2, 0) is 0 Å². The number of halogens is 1. The first-order chi connectivity index (χ1) is 8.19. The Bertz CT molecular complexity index is 534. The van der Waals surface area contributed by atoms with Crippen molar-refractivity contribution in [2.24, 2.45) is 0 Å². The van der Waals surface area contributed by atoms with Crippen LogP contribution in [0.1, 0.15) is 0 Å². The second kappa shape index (κ2) is 5.01. The molecule has 0 aliphatic heterocycles. The highest BCUT2D eigenvalue weighted by atomic mass is 79.9. The maximum Gasteiger partial charge on any atom is 0.238 e. The van der Waals surface area contributed by atoms with Crippen molar-refractivity contribution in [1.29, 1.82) is 0 Å². The van der Waals surface area contributed by atoms with Crippen molar-refractivity contribution in [1.82, 2.24) is 9.97 Å². The van der Waals surface area contributed by atoms with Crippen molar-refractivity contribution < 1.29 is 9.47 Å². The number of benzene rings is 1. The number of rotatable bonds is 3. The van der Waals surface area contributed by atoms with Crippen molar-refractivity contribution in [3.63, 3.8) is 0 Å². The molecule has 0 aliphatic carbocycles. The van der Waals surface area contributed by atoms with E-state index >= 15 is 0 Å². The first kappa shape index (κ1) is 11.7. The number of nitrogens with zero attached hydrogens (tertiary/aromatic N) is 2. The van der Waals surface area contributed by atoms with Crippen molar-refractivity contribution >= 4 is 21.9 Å². The Labute approximate surface area is 107 Å². The molecule has 2 rings (SSSR count). The van der Waals surface area contributed by atoms with E-state index in [1.807, 2.05) is 12.1 Å². The molecular formula is C11H10BrN3O2. The molecule has 2 N–H and O–H groups in total. The van der Waals surface area contributed by atoms with Crippen molar-refractivity contribution in [3.8, 4) is 17.4 Å². The summed E-state index contributed by atoms with van der Waals surface area (Å²) >= 11 is 3.29. The molecule has 0 saturated carbocycles. The largest absolute Gasteiger partial charge is 0.497 e. The van der Waals surface area contributed by atoms with Crippen LogP contribution in [0, 0.1) is 0 Å². The van der Waals surface area contributed by atoms with E-state index in [9.17, 15) is 0 Å². The molecule has 0 spiro atoms. The van der Waals surface area contributed by atoms with Gasteiger partial charge in [0, 0.05) is 6.07 Å². The summed E-state index contributed by atoms with van der Waals surface area (Å²) < 4.78 is 11.3. The van der Waals surface area contributed by atoms with Gasteiger partial charge in [-0.1, -0.05) is 6.07 Å². The fourth-order valence-corrected chi connectivity index (χ4v) is 1.48. The van der Waals surface area contributed by atoms with Crippen LogP contribution in [0.2, 0.25) is 0 Å². The molecule has 0 amide bonds. The van der Waals surface area contributed by atoms with Gasteiger partial charge in [-0.05, 0) is 28.1 Å². The molecule has 0 fully saturated rings. The van der Waals surface area contributed by atoms with E-state index in [2.05, 4.69) is 25.9 Å². The first-order valence-electron chi connectivity index (χ1n) is 4.79. The molecule has 0 bridgehead atoms. The van der Waals surface area contributed by atoms with Gasteiger partial charge in [-0.2, -0.15) is 4.98 Å². The molecule has 0 aliphatic rings. The van der Waals surface area contributed by atoms with Crippen LogP contribution in [0.3, 0.4) is 0 Å². The molecule has 1 aromatic heterocycles. The number of methoxy groups -OCH3 is 1. The zero-order valence-electron chi connectivity index (χ0n) is 9.05.